The minimum atomic E-state index is 0.546. The van der Waals surface area contributed by atoms with Gasteiger partial charge in [0, 0.05) is 26.5 Å². The monoisotopic (exact) mass is 387 g/mol. The lowest BCUT2D eigenvalue weighted by Crippen LogP contribution is -1.82. The fraction of sp³-hybridized carbons (Fsp3) is 0.0625. The van der Waals surface area contributed by atoms with Crippen LogP contribution in [0.15, 0.2) is 39.5 Å². The molecule has 0 aliphatic carbocycles. The van der Waals surface area contributed by atoms with Gasteiger partial charge in [0.1, 0.15) is 16.1 Å². The molecule has 0 saturated heterocycles. The number of nitrogens with zero attached hydrogens (tertiary/aromatic N) is 3. The lowest BCUT2D eigenvalue weighted by Gasteiger charge is -1.96. The van der Waals surface area contributed by atoms with Gasteiger partial charge in [-0.05, 0) is 25.1 Å². The molecule has 108 valence electrons. The van der Waals surface area contributed by atoms with Gasteiger partial charge in [0.15, 0.2) is 0 Å². The minimum Gasteiger partial charge on any atom is -0.241 e. The molecule has 2 heterocycles. The second-order valence-corrected chi connectivity index (χ2v) is 7.18. The van der Waals surface area contributed by atoms with Crippen LogP contribution in [0.1, 0.15) is 16.4 Å². The van der Waals surface area contributed by atoms with Gasteiger partial charge in [-0.25, -0.2) is 9.97 Å². The molecule has 0 fully saturated rings. The summed E-state index contributed by atoms with van der Waals surface area (Å²) in [4.78, 5) is 8.94. The van der Waals surface area contributed by atoms with Crippen molar-refractivity contribution < 1.29 is 0 Å². The molecule has 0 aliphatic rings. The van der Waals surface area contributed by atoms with Gasteiger partial charge >= 0.3 is 0 Å². The van der Waals surface area contributed by atoms with Crippen LogP contribution in [0.3, 0.4) is 0 Å². The molecule has 0 saturated carbocycles. The van der Waals surface area contributed by atoms with Gasteiger partial charge in [0.05, 0.1) is 11.3 Å². The summed E-state index contributed by atoms with van der Waals surface area (Å²) in [5, 5.41) is 14.9. The lowest BCUT2D eigenvalue weighted by molar-refractivity contribution is 1.24. The van der Waals surface area contributed by atoms with E-state index < -0.39 is 0 Å². The molecule has 3 rings (SSSR count). The van der Waals surface area contributed by atoms with Crippen LogP contribution in [0.4, 0.5) is 0 Å². The van der Waals surface area contributed by atoms with E-state index in [2.05, 4.69) is 32.0 Å². The van der Waals surface area contributed by atoms with Crippen molar-refractivity contribution in [2.45, 2.75) is 6.92 Å². The van der Waals surface area contributed by atoms with E-state index in [-0.39, 0.29) is 0 Å². The maximum atomic E-state index is 9.33. The van der Waals surface area contributed by atoms with Crippen LogP contribution >= 0.6 is 38.6 Å². The van der Waals surface area contributed by atoms with E-state index in [9.17, 15) is 5.26 Å². The maximum Gasteiger partial charge on any atom is 0.134 e. The summed E-state index contributed by atoms with van der Waals surface area (Å²) in [5.74, 6) is 0. The molecule has 0 N–H and O–H groups in total. The minimum absolute atomic E-state index is 0.546. The van der Waals surface area contributed by atoms with Crippen LogP contribution in [-0.2, 0) is 0 Å². The molecule has 6 heteroatoms. The Morgan fingerprint density at radius 1 is 1.27 bits per heavy atom. The van der Waals surface area contributed by atoms with Crippen LogP contribution in [0, 0.1) is 18.3 Å². The van der Waals surface area contributed by atoms with Crippen molar-refractivity contribution in [1.82, 2.24) is 9.97 Å². The Hall–Kier alpha value is -1.81. The van der Waals surface area contributed by atoms with Gasteiger partial charge in [0.25, 0.3) is 0 Å². The predicted octanol–water partition coefficient (Wildman–Crippen LogP) is 5.40. The number of hydrogen-bond acceptors (Lipinski definition) is 5. The first-order chi connectivity index (χ1) is 10.7. The average Bonchev–Trinajstić information content (AvgIpc) is 3.14. The topological polar surface area (TPSA) is 49.6 Å². The molecular formula is C16H10BrN3S2. The molecular weight excluding hydrogens is 378 g/mol. The zero-order valence-electron chi connectivity index (χ0n) is 11.6. The highest BCUT2D eigenvalue weighted by atomic mass is 79.9. The number of hydrogen-bond donors (Lipinski definition) is 0. The normalized spacial score (nSPS) is 11.4. The van der Waals surface area contributed by atoms with E-state index in [1.54, 1.807) is 17.4 Å². The highest BCUT2D eigenvalue weighted by Gasteiger charge is 2.08. The molecule has 0 aliphatic heterocycles. The molecule has 2 aromatic heterocycles. The zero-order chi connectivity index (χ0) is 15.5. The number of allylic oxidation sites excluding steroid dienone is 1. The van der Waals surface area contributed by atoms with Crippen molar-refractivity contribution in [2.75, 3.05) is 0 Å². The molecule has 3 nitrogen and oxygen atoms in total. The molecule has 0 atom stereocenters. The Kier molecular flexibility index (Phi) is 4.48. The fourth-order valence-electron chi connectivity index (χ4n) is 1.87. The van der Waals surface area contributed by atoms with Crippen LogP contribution in [0.25, 0.3) is 22.2 Å². The molecule has 1 aromatic carbocycles. The van der Waals surface area contributed by atoms with Crippen LogP contribution in [-0.4, -0.2) is 9.97 Å². The third-order valence-corrected chi connectivity index (χ3v) is 5.25. The van der Waals surface area contributed by atoms with Crippen LogP contribution in [0.5, 0.6) is 0 Å². The number of aryl methyl sites for hydroxylation is 1. The molecule has 0 spiro atoms. The van der Waals surface area contributed by atoms with Crippen molar-refractivity contribution in [2.24, 2.45) is 0 Å². The largest absolute Gasteiger partial charge is 0.241 e. The van der Waals surface area contributed by atoms with Crippen molar-refractivity contribution in [1.29, 1.82) is 5.26 Å². The molecule has 0 unspecified atom stereocenters. The summed E-state index contributed by atoms with van der Waals surface area (Å²) in [6.07, 6.45) is 1.79. The second-order valence-electron chi connectivity index (χ2n) is 4.55. The Bertz CT molecular complexity index is 887. The Morgan fingerprint density at radius 3 is 2.82 bits per heavy atom. The zero-order valence-corrected chi connectivity index (χ0v) is 14.8. The van der Waals surface area contributed by atoms with E-state index >= 15 is 0 Å². The van der Waals surface area contributed by atoms with E-state index in [1.165, 1.54) is 11.3 Å². The number of aromatic nitrogens is 2. The molecule has 0 bridgehead atoms. The summed E-state index contributed by atoms with van der Waals surface area (Å²) in [6, 6.07) is 10.2. The third-order valence-electron chi connectivity index (χ3n) is 2.86. The van der Waals surface area contributed by atoms with Gasteiger partial charge in [-0.15, -0.1) is 22.7 Å². The second kappa shape index (κ2) is 6.53. The third kappa shape index (κ3) is 3.33. The Morgan fingerprint density at radius 2 is 2.14 bits per heavy atom. The lowest BCUT2D eigenvalue weighted by atomic mass is 10.2. The molecule has 0 radical (unpaired) electrons. The smallest absolute Gasteiger partial charge is 0.134 e. The SMILES string of the molecule is Cc1csc(/C(C#N)=C/c2csc(-c3cccc(Br)c3)n2)n1. The van der Waals surface area contributed by atoms with Gasteiger partial charge in [-0.3, -0.25) is 0 Å². The standard InChI is InChI=1S/C16H10BrN3S2/c1-10-8-21-16(19-10)12(7-18)6-14-9-22-15(20-14)11-3-2-4-13(17)5-11/h2-6,8-9H,1H3/b12-6+. The first-order valence-electron chi connectivity index (χ1n) is 6.41. The highest BCUT2D eigenvalue weighted by Crippen LogP contribution is 2.28. The van der Waals surface area contributed by atoms with Crippen molar-refractivity contribution >= 4 is 50.3 Å². The summed E-state index contributed by atoms with van der Waals surface area (Å²) in [6.45, 7) is 1.92. The van der Waals surface area contributed by atoms with Crippen molar-refractivity contribution in [3.05, 3.63) is 55.9 Å². The number of thiazole rings is 2. The van der Waals surface area contributed by atoms with E-state index in [0.717, 1.165) is 31.4 Å². The summed E-state index contributed by atoms with van der Waals surface area (Å²) >= 11 is 6.50. The first-order valence-corrected chi connectivity index (χ1v) is 8.97. The van der Waals surface area contributed by atoms with E-state index in [1.807, 2.05) is 41.9 Å². The van der Waals surface area contributed by atoms with Gasteiger partial charge < -0.3 is 0 Å². The molecule has 0 amide bonds. The van der Waals surface area contributed by atoms with Crippen molar-refractivity contribution in [3.63, 3.8) is 0 Å². The summed E-state index contributed by atoms with van der Waals surface area (Å²) in [5.41, 5.74) is 3.31. The van der Waals surface area contributed by atoms with Crippen molar-refractivity contribution in [3.8, 4) is 16.6 Å². The Labute approximate surface area is 144 Å². The van der Waals surface area contributed by atoms with E-state index in [4.69, 9.17) is 0 Å². The van der Waals surface area contributed by atoms with Gasteiger partial charge in [-0.1, -0.05) is 28.1 Å². The number of nitriles is 1. The number of benzene rings is 1. The van der Waals surface area contributed by atoms with Gasteiger partial charge in [0.2, 0.25) is 0 Å². The summed E-state index contributed by atoms with van der Waals surface area (Å²) in [7, 11) is 0. The molecule has 3 aromatic rings. The quantitative estimate of drug-likeness (QED) is 0.565. The Balaban J connectivity index is 1.93. The predicted molar refractivity (Wildman–Crippen MR) is 95.6 cm³/mol. The average molecular weight is 388 g/mol. The number of rotatable bonds is 3. The maximum absolute atomic E-state index is 9.33. The number of halogens is 1. The fourth-order valence-corrected chi connectivity index (χ4v) is 3.81. The van der Waals surface area contributed by atoms with E-state index in [0.29, 0.717) is 5.57 Å². The highest BCUT2D eigenvalue weighted by molar-refractivity contribution is 9.10. The van der Waals surface area contributed by atoms with Gasteiger partial charge in [-0.2, -0.15) is 5.26 Å². The molecule has 22 heavy (non-hydrogen) atoms. The van der Waals surface area contributed by atoms with Crippen LogP contribution < -0.4 is 0 Å². The summed E-state index contributed by atoms with van der Waals surface area (Å²) < 4.78 is 1.02. The first kappa shape index (κ1) is 15.1. The van der Waals surface area contributed by atoms with Crippen LogP contribution in [0.2, 0.25) is 0 Å².